The maximum absolute atomic E-state index is 13.5. The van der Waals surface area contributed by atoms with E-state index in [-0.39, 0.29) is 23.7 Å². The number of ether oxygens (including phenoxy) is 2. The highest BCUT2D eigenvalue weighted by atomic mass is 19.3. The van der Waals surface area contributed by atoms with Crippen molar-refractivity contribution in [2.45, 2.75) is 13.5 Å². The number of hydrazone groups is 1. The van der Waals surface area contributed by atoms with Crippen molar-refractivity contribution in [2.24, 2.45) is 5.10 Å². The van der Waals surface area contributed by atoms with E-state index in [1.165, 1.54) is 42.6 Å². The molecule has 0 unspecified atom stereocenters. The number of hydrogen-bond donors (Lipinski definition) is 1. The lowest BCUT2D eigenvalue weighted by atomic mass is 10.2. The normalized spacial score (nSPS) is 10.9. The Hall–Kier alpha value is -3.03. The van der Waals surface area contributed by atoms with E-state index >= 15 is 0 Å². The highest BCUT2D eigenvalue weighted by molar-refractivity contribution is 5.95. The standard InChI is InChI=1S/C17H15F3N2O3/c1-2-24-15-9-11(7-8-14(15)25-17(19)20)10-21-22-16(23)12-5-3-4-6-13(12)18/h3-10,17H,2H2,1H3,(H,22,23)/b21-10-. The van der Waals surface area contributed by atoms with Gasteiger partial charge in [0.15, 0.2) is 11.5 Å². The zero-order chi connectivity index (χ0) is 18.2. The van der Waals surface area contributed by atoms with E-state index < -0.39 is 18.3 Å². The van der Waals surface area contributed by atoms with Crippen LogP contribution in [0.5, 0.6) is 11.5 Å². The second-order valence-electron chi connectivity index (χ2n) is 4.70. The molecule has 0 spiro atoms. The number of halogens is 3. The van der Waals surface area contributed by atoms with Gasteiger partial charge in [-0.2, -0.15) is 13.9 Å². The molecule has 2 aromatic carbocycles. The van der Waals surface area contributed by atoms with Crippen LogP contribution in [0, 0.1) is 5.82 Å². The van der Waals surface area contributed by atoms with Crippen molar-refractivity contribution in [1.82, 2.24) is 5.43 Å². The molecule has 0 fully saturated rings. The third-order valence-electron chi connectivity index (χ3n) is 2.98. The molecule has 0 saturated carbocycles. The van der Waals surface area contributed by atoms with Crippen molar-refractivity contribution in [3.63, 3.8) is 0 Å². The van der Waals surface area contributed by atoms with Crippen LogP contribution in [0.3, 0.4) is 0 Å². The van der Waals surface area contributed by atoms with Crippen molar-refractivity contribution in [1.29, 1.82) is 0 Å². The molecule has 0 aliphatic rings. The number of carbonyl (C=O) groups is 1. The molecule has 0 radical (unpaired) electrons. The summed E-state index contributed by atoms with van der Waals surface area (Å²) in [7, 11) is 0. The number of nitrogens with one attached hydrogen (secondary N) is 1. The van der Waals surface area contributed by atoms with Gasteiger partial charge in [0.25, 0.3) is 5.91 Å². The van der Waals surface area contributed by atoms with Gasteiger partial charge in [0.05, 0.1) is 18.4 Å². The van der Waals surface area contributed by atoms with Crippen LogP contribution >= 0.6 is 0 Å². The zero-order valence-corrected chi connectivity index (χ0v) is 13.2. The Labute approximate surface area is 142 Å². The van der Waals surface area contributed by atoms with E-state index in [4.69, 9.17) is 4.74 Å². The summed E-state index contributed by atoms with van der Waals surface area (Å²) < 4.78 is 47.7. The van der Waals surface area contributed by atoms with Gasteiger partial charge in [-0.3, -0.25) is 4.79 Å². The minimum Gasteiger partial charge on any atom is -0.490 e. The summed E-state index contributed by atoms with van der Waals surface area (Å²) in [5, 5.41) is 3.72. The van der Waals surface area contributed by atoms with Crippen molar-refractivity contribution in [3.05, 3.63) is 59.4 Å². The quantitative estimate of drug-likeness (QED) is 0.612. The van der Waals surface area contributed by atoms with Crippen LogP contribution in [0.1, 0.15) is 22.8 Å². The first-order valence-corrected chi connectivity index (χ1v) is 7.31. The fourth-order valence-electron chi connectivity index (χ4n) is 1.94. The molecule has 1 N–H and O–H groups in total. The Morgan fingerprint density at radius 2 is 2.00 bits per heavy atom. The molecule has 2 aromatic rings. The van der Waals surface area contributed by atoms with Crippen molar-refractivity contribution < 1.29 is 27.4 Å². The fraction of sp³-hybridized carbons (Fsp3) is 0.176. The van der Waals surface area contributed by atoms with E-state index in [0.717, 1.165) is 6.07 Å². The second kappa shape index (κ2) is 8.72. The van der Waals surface area contributed by atoms with Crippen LogP contribution in [0.2, 0.25) is 0 Å². The number of carbonyl (C=O) groups excluding carboxylic acids is 1. The molecule has 0 saturated heterocycles. The Bertz CT molecular complexity index is 767. The second-order valence-corrected chi connectivity index (χ2v) is 4.70. The molecule has 0 aromatic heterocycles. The van der Waals surface area contributed by atoms with Crippen LogP contribution in [0.4, 0.5) is 13.2 Å². The fourth-order valence-corrected chi connectivity index (χ4v) is 1.94. The van der Waals surface area contributed by atoms with E-state index in [0.29, 0.717) is 5.56 Å². The number of amides is 1. The lowest BCUT2D eigenvalue weighted by Crippen LogP contribution is -2.18. The summed E-state index contributed by atoms with van der Waals surface area (Å²) in [5.41, 5.74) is 2.51. The smallest absolute Gasteiger partial charge is 0.387 e. The van der Waals surface area contributed by atoms with Gasteiger partial charge in [-0.05, 0) is 42.8 Å². The molecule has 0 bridgehead atoms. The Balaban J connectivity index is 2.09. The summed E-state index contributed by atoms with van der Waals surface area (Å²) in [6, 6.07) is 9.67. The molecule has 0 atom stereocenters. The number of hydrogen-bond acceptors (Lipinski definition) is 4. The van der Waals surface area contributed by atoms with E-state index in [9.17, 15) is 18.0 Å². The molecule has 5 nitrogen and oxygen atoms in total. The lowest BCUT2D eigenvalue weighted by Gasteiger charge is -2.11. The highest BCUT2D eigenvalue weighted by Gasteiger charge is 2.12. The Morgan fingerprint density at radius 3 is 2.68 bits per heavy atom. The van der Waals surface area contributed by atoms with Gasteiger partial charge in [0.1, 0.15) is 5.82 Å². The summed E-state index contributed by atoms with van der Waals surface area (Å²) in [6.45, 7) is -1.02. The van der Waals surface area contributed by atoms with Gasteiger partial charge >= 0.3 is 6.61 Å². The predicted molar refractivity (Wildman–Crippen MR) is 85.7 cm³/mol. The topological polar surface area (TPSA) is 59.9 Å². The third kappa shape index (κ3) is 5.23. The highest BCUT2D eigenvalue weighted by Crippen LogP contribution is 2.29. The number of nitrogens with zero attached hydrogens (tertiary/aromatic N) is 1. The van der Waals surface area contributed by atoms with Crippen molar-refractivity contribution in [2.75, 3.05) is 6.61 Å². The van der Waals surface area contributed by atoms with Crippen LogP contribution in [-0.2, 0) is 0 Å². The molecule has 0 aliphatic heterocycles. The molecule has 8 heteroatoms. The van der Waals surface area contributed by atoms with Crippen LogP contribution in [-0.4, -0.2) is 25.3 Å². The molecular formula is C17H15F3N2O3. The average Bonchev–Trinajstić information content (AvgIpc) is 2.57. The molecule has 132 valence electrons. The van der Waals surface area contributed by atoms with Crippen molar-refractivity contribution in [3.8, 4) is 11.5 Å². The summed E-state index contributed by atoms with van der Waals surface area (Å²) in [5.74, 6) is -1.36. The summed E-state index contributed by atoms with van der Waals surface area (Å²) >= 11 is 0. The number of benzene rings is 2. The maximum Gasteiger partial charge on any atom is 0.387 e. The van der Waals surface area contributed by atoms with Crippen LogP contribution in [0.15, 0.2) is 47.6 Å². The molecule has 2 rings (SSSR count). The Kier molecular flexibility index (Phi) is 6.39. The van der Waals surface area contributed by atoms with Gasteiger partial charge < -0.3 is 9.47 Å². The maximum atomic E-state index is 13.5. The first kappa shape index (κ1) is 18.3. The van der Waals surface area contributed by atoms with Gasteiger partial charge in [0, 0.05) is 0 Å². The molecule has 0 aliphatic carbocycles. The summed E-state index contributed by atoms with van der Waals surface area (Å²) in [4.78, 5) is 11.8. The minimum absolute atomic E-state index is 0.107. The molecule has 1 amide bonds. The van der Waals surface area contributed by atoms with Gasteiger partial charge in [-0.15, -0.1) is 0 Å². The molecule has 25 heavy (non-hydrogen) atoms. The summed E-state index contributed by atoms with van der Waals surface area (Å²) in [6.07, 6.45) is 1.27. The lowest BCUT2D eigenvalue weighted by molar-refractivity contribution is -0.0514. The average molecular weight is 352 g/mol. The number of rotatable bonds is 7. The largest absolute Gasteiger partial charge is 0.490 e. The molecular weight excluding hydrogens is 337 g/mol. The monoisotopic (exact) mass is 352 g/mol. The zero-order valence-electron chi connectivity index (χ0n) is 13.2. The van der Waals surface area contributed by atoms with E-state index in [1.807, 2.05) is 0 Å². The van der Waals surface area contributed by atoms with E-state index in [2.05, 4.69) is 15.3 Å². The Morgan fingerprint density at radius 1 is 1.24 bits per heavy atom. The SMILES string of the molecule is CCOc1cc(/C=N\NC(=O)c2ccccc2F)ccc1OC(F)F. The first-order chi connectivity index (χ1) is 12.0. The van der Waals surface area contributed by atoms with Gasteiger partial charge in [0.2, 0.25) is 0 Å². The van der Waals surface area contributed by atoms with Crippen molar-refractivity contribution >= 4 is 12.1 Å². The first-order valence-electron chi connectivity index (χ1n) is 7.31. The minimum atomic E-state index is -2.97. The van der Waals surface area contributed by atoms with E-state index in [1.54, 1.807) is 6.92 Å². The van der Waals surface area contributed by atoms with Crippen LogP contribution in [0.25, 0.3) is 0 Å². The van der Waals surface area contributed by atoms with Gasteiger partial charge in [-0.25, -0.2) is 9.82 Å². The number of alkyl halides is 2. The predicted octanol–water partition coefficient (Wildman–Crippen LogP) is 3.59. The third-order valence-corrected chi connectivity index (χ3v) is 2.98. The molecule has 0 heterocycles. The van der Waals surface area contributed by atoms with Gasteiger partial charge in [-0.1, -0.05) is 12.1 Å². The van der Waals surface area contributed by atoms with Crippen LogP contribution < -0.4 is 14.9 Å².